The van der Waals surface area contributed by atoms with E-state index in [-0.39, 0.29) is 6.04 Å². The summed E-state index contributed by atoms with van der Waals surface area (Å²) in [5.41, 5.74) is 2.43. The first-order chi connectivity index (χ1) is 13.2. The highest BCUT2D eigenvalue weighted by Crippen LogP contribution is 2.31. The van der Waals surface area contributed by atoms with Crippen LogP contribution in [0.15, 0.2) is 18.2 Å². The average molecular weight is 373 g/mol. The molecular formula is C22H32N2O3. The summed E-state index contributed by atoms with van der Waals surface area (Å²) in [5, 5.41) is 0. The van der Waals surface area contributed by atoms with Crippen LogP contribution in [0.4, 0.5) is 0 Å². The summed E-state index contributed by atoms with van der Waals surface area (Å²) in [6, 6.07) is 6.60. The number of ether oxygens (including phenoxy) is 2. The van der Waals surface area contributed by atoms with E-state index in [1.165, 1.54) is 31.2 Å². The number of benzene rings is 1. The third-order valence-electron chi connectivity index (χ3n) is 6.25. The molecule has 0 radical (unpaired) electrons. The largest absolute Gasteiger partial charge is 0.491 e. The first-order valence-corrected chi connectivity index (χ1v) is 10.5. The Bertz CT molecular complexity index is 651. The number of hydrogen-bond donors (Lipinski definition) is 0. The lowest BCUT2D eigenvalue weighted by molar-refractivity contribution is -0.135. The molecule has 1 aliphatic carbocycles. The van der Waals surface area contributed by atoms with Crippen LogP contribution < -0.4 is 4.74 Å². The van der Waals surface area contributed by atoms with Gasteiger partial charge < -0.3 is 14.4 Å². The van der Waals surface area contributed by atoms with Gasteiger partial charge in [-0.15, -0.1) is 0 Å². The van der Waals surface area contributed by atoms with Crippen molar-refractivity contribution in [1.82, 2.24) is 9.80 Å². The first-order valence-electron chi connectivity index (χ1n) is 10.5. The molecule has 1 amide bonds. The third kappa shape index (κ3) is 4.64. The summed E-state index contributed by atoms with van der Waals surface area (Å²) in [6.45, 7) is 7.87. The molecule has 2 aliphatic heterocycles. The van der Waals surface area contributed by atoms with Gasteiger partial charge in [0.25, 0.3) is 0 Å². The zero-order valence-electron chi connectivity index (χ0n) is 16.5. The van der Waals surface area contributed by atoms with Crippen molar-refractivity contribution in [3.8, 4) is 5.75 Å². The predicted molar refractivity (Wildman–Crippen MR) is 105 cm³/mol. The van der Waals surface area contributed by atoms with Gasteiger partial charge in [0.1, 0.15) is 12.4 Å². The fraction of sp³-hybridized carbons (Fsp3) is 0.682. The van der Waals surface area contributed by atoms with Crippen molar-refractivity contribution < 1.29 is 14.3 Å². The number of amides is 1. The van der Waals surface area contributed by atoms with Crippen LogP contribution in [-0.4, -0.2) is 54.7 Å². The summed E-state index contributed by atoms with van der Waals surface area (Å²) in [5.74, 6) is 1.81. The van der Waals surface area contributed by atoms with Crippen molar-refractivity contribution in [2.45, 2.75) is 58.2 Å². The number of rotatable bonds is 4. The molecule has 0 spiro atoms. The van der Waals surface area contributed by atoms with E-state index in [9.17, 15) is 4.79 Å². The van der Waals surface area contributed by atoms with Gasteiger partial charge in [-0.05, 0) is 43.4 Å². The van der Waals surface area contributed by atoms with Crippen LogP contribution in [0.1, 0.15) is 50.2 Å². The van der Waals surface area contributed by atoms with Crippen molar-refractivity contribution in [1.29, 1.82) is 0 Å². The van der Waals surface area contributed by atoms with Crippen LogP contribution in [-0.2, 0) is 22.6 Å². The number of hydrogen-bond acceptors (Lipinski definition) is 4. The number of carbonyl (C=O) groups excluding carboxylic acids is 1. The molecule has 3 aliphatic rings. The van der Waals surface area contributed by atoms with E-state index in [1.807, 2.05) is 4.90 Å². The second kappa shape index (κ2) is 8.61. The SMILES string of the molecule is C[C@H]1COc2ccc(CN3CCOCC3)cc2CN1C(=O)CC1CCCC1. The fourth-order valence-corrected chi connectivity index (χ4v) is 4.57. The molecule has 5 nitrogen and oxygen atoms in total. The molecule has 4 rings (SSSR count). The zero-order valence-corrected chi connectivity index (χ0v) is 16.5. The van der Waals surface area contributed by atoms with Gasteiger partial charge in [-0.3, -0.25) is 9.69 Å². The third-order valence-corrected chi connectivity index (χ3v) is 6.25. The van der Waals surface area contributed by atoms with E-state index in [1.54, 1.807) is 0 Å². The lowest BCUT2D eigenvalue weighted by Crippen LogP contribution is -2.40. The van der Waals surface area contributed by atoms with Crippen LogP contribution >= 0.6 is 0 Å². The molecule has 1 atom stereocenters. The minimum Gasteiger partial charge on any atom is -0.491 e. The molecule has 2 heterocycles. The highest BCUT2D eigenvalue weighted by molar-refractivity contribution is 5.77. The zero-order chi connectivity index (χ0) is 18.6. The molecule has 0 N–H and O–H groups in total. The Kier molecular flexibility index (Phi) is 5.98. The normalized spacial score (nSPS) is 24.3. The Morgan fingerprint density at radius 3 is 2.74 bits per heavy atom. The highest BCUT2D eigenvalue weighted by atomic mass is 16.5. The molecular weight excluding hydrogens is 340 g/mol. The van der Waals surface area contributed by atoms with Gasteiger partial charge >= 0.3 is 0 Å². The van der Waals surface area contributed by atoms with Gasteiger partial charge in [-0.25, -0.2) is 0 Å². The van der Waals surface area contributed by atoms with Crippen LogP contribution in [0.2, 0.25) is 0 Å². The molecule has 1 aromatic carbocycles. The van der Waals surface area contributed by atoms with Crippen molar-refractivity contribution in [3.05, 3.63) is 29.3 Å². The van der Waals surface area contributed by atoms with E-state index in [2.05, 4.69) is 30.0 Å². The van der Waals surface area contributed by atoms with Gasteiger partial charge in [0.05, 0.1) is 19.3 Å². The van der Waals surface area contributed by atoms with Crippen LogP contribution in [0.5, 0.6) is 5.75 Å². The Balaban J connectivity index is 1.46. The molecule has 148 valence electrons. The van der Waals surface area contributed by atoms with Crippen LogP contribution in [0.25, 0.3) is 0 Å². The lowest BCUT2D eigenvalue weighted by Gasteiger charge is -2.28. The summed E-state index contributed by atoms with van der Waals surface area (Å²) < 4.78 is 11.5. The topological polar surface area (TPSA) is 42.0 Å². The lowest BCUT2D eigenvalue weighted by atomic mass is 10.0. The maximum absolute atomic E-state index is 13.0. The van der Waals surface area contributed by atoms with Gasteiger partial charge in [0, 0.05) is 38.2 Å². The van der Waals surface area contributed by atoms with Crippen molar-refractivity contribution in [3.63, 3.8) is 0 Å². The molecule has 1 aromatic rings. The first kappa shape index (κ1) is 18.8. The maximum atomic E-state index is 13.0. The van der Waals surface area contributed by atoms with Gasteiger partial charge in [-0.1, -0.05) is 18.9 Å². The summed E-state index contributed by atoms with van der Waals surface area (Å²) in [7, 11) is 0. The molecule has 27 heavy (non-hydrogen) atoms. The average Bonchev–Trinajstić information content (AvgIpc) is 3.12. The van der Waals surface area contributed by atoms with E-state index in [0.29, 0.717) is 31.4 Å². The fourth-order valence-electron chi connectivity index (χ4n) is 4.57. The summed E-state index contributed by atoms with van der Waals surface area (Å²) in [6.07, 6.45) is 5.69. The quantitative estimate of drug-likeness (QED) is 0.814. The highest BCUT2D eigenvalue weighted by Gasteiger charge is 2.28. The molecule has 0 aromatic heterocycles. The maximum Gasteiger partial charge on any atom is 0.223 e. The molecule has 2 fully saturated rings. The van der Waals surface area contributed by atoms with Gasteiger partial charge in [0.2, 0.25) is 5.91 Å². The van der Waals surface area contributed by atoms with Crippen LogP contribution in [0.3, 0.4) is 0 Å². The smallest absolute Gasteiger partial charge is 0.223 e. The summed E-state index contributed by atoms with van der Waals surface area (Å²) in [4.78, 5) is 17.4. The van der Waals surface area contributed by atoms with Crippen molar-refractivity contribution in [2.75, 3.05) is 32.9 Å². The van der Waals surface area contributed by atoms with Crippen LogP contribution in [0, 0.1) is 5.92 Å². The Labute approximate surface area is 162 Å². The second-order valence-electron chi connectivity index (χ2n) is 8.37. The molecule has 5 heteroatoms. The van der Waals surface area contributed by atoms with E-state index < -0.39 is 0 Å². The van der Waals surface area contributed by atoms with E-state index in [4.69, 9.17) is 9.47 Å². The number of fused-ring (bicyclic) bond motifs is 1. The molecule has 0 unspecified atom stereocenters. The Morgan fingerprint density at radius 1 is 1.19 bits per heavy atom. The summed E-state index contributed by atoms with van der Waals surface area (Å²) >= 11 is 0. The standard InChI is InChI=1S/C22H32N2O3/c1-17-16-27-21-7-6-19(14-23-8-10-26-11-9-23)12-20(21)15-24(17)22(25)13-18-4-2-3-5-18/h6-7,12,17-18H,2-5,8-11,13-16H2,1H3/t17-/m0/s1. The minimum atomic E-state index is 0.119. The van der Waals surface area contributed by atoms with E-state index >= 15 is 0 Å². The van der Waals surface area contributed by atoms with E-state index in [0.717, 1.165) is 44.2 Å². The molecule has 0 bridgehead atoms. The minimum absolute atomic E-state index is 0.119. The van der Waals surface area contributed by atoms with Gasteiger partial charge in [-0.2, -0.15) is 0 Å². The van der Waals surface area contributed by atoms with Crippen molar-refractivity contribution in [2.24, 2.45) is 5.92 Å². The molecule has 1 saturated carbocycles. The second-order valence-corrected chi connectivity index (χ2v) is 8.37. The Hall–Kier alpha value is -1.59. The Morgan fingerprint density at radius 2 is 1.96 bits per heavy atom. The monoisotopic (exact) mass is 372 g/mol. The number of nitrogens with zero attached hydrogens (tertiary/aromatic N) is 2. The van der Waals surface area contributed by atoms with Crippen molar-refractivity contribution >= 4 is 5.91 Å². The predicted octanol–water partition coefficient (Wildman–Crippen LogP) is 3.21. The number of morpholine rings is 1. The number of carbonyl (C=O) groups is 1. The molecule has 1 saturated heterocycles. The van der Waals surface area contributed by atoms with Gasteiger partial charge in [0.15, 0.2) is 0 Å².